The molecule has 9 heteroatoms. The lowest BCUT2D eigenvalue weighted by molar-refractivity contribution is -0.384. The number of thioether (sulfide) groups is 1. The average Bonchev–Trinajstić information content (AvgIpc) is 2.58. The lowest BCUT2D eigenvalue weighted by Crippen LogP contribution is -2.66. The molecule has 0 bridgehead atoms. The van der Waals surface area contributed by atoms with E-state index in [2.05, 4.69) is 0 Å². The first kappa shape index (κ1) is 15.5. The molecule has 8 nitrogen and oxygen atoms in total. The van der Waals surface area contributed by atoms with E-state index in [9.17, 15) is 19.7 Å². The maximum atomic E-state index is 12.0. The molecule has 2 aliphatic rings. The molecule has 2 aliphatic heterocycles. The fourth-order valence-corrected chi connectivity index (χ4v) is 3.47. The van der Waals surface area contributed by atoms with Gasteiger partial charge in [0.25, 0.3) is 5.69 Å². The van der Waals surface area contributed by atoms with Crippen LogP contribution in [0.2, 0.25) is 0 Å². The van der Waals surface area contributed by atoms with Crippen molar-refractivity contribution in [1.29, 1.82) is 0 Å². The molecule has 0 aliphatic carbocycles. The van der Waals surface area contributed by atoms with Crippen LogP contribution in [-0.4, -0.2) is 38.9 Å². The number of nitrogens with two attached hydrogens (primary N) is 1. The van der Waals surface area contributed by atoms with Crippen LogP contribution in [0.3, 0.4) is 0 Å². The first-order valence-electron chi connectivity index (χ1n) is 6.78. The highest BCUT2D eigenvalue weighted by Gasteiger charge is 2.47. The molecule has 0 aromatic heterocycles. The van der Waals surface area contributed by atoms with Crippen LogP contribution in [0.1, 0.15) is 5.56 Å². The van der Waals surface area contributed by atoms with Gasteiger partial charge in [-0.05, 0) is 17.7 Å². The SMILES string of the molecule is NC1C(=O)N2C=C(C(=O)OCc3ccc([N+](=O)[O-])cc3)CS[C@H]12. The minimum Gasteiger partial charge on any atom is -0.457 e. The highest BCUT2D eigenvalue weighted by molar-refractivity contribution is 8.00. The van der Waals surface area contributed by atoms with Crippen molar-refractivity contribution in [3.8, 4) is 0 Å². The molecular formula is C14H13N3O5S. The van der Waals surface area contributed by atoms with Gasteiger partial charge < -0.3 is 15.4 Å². The third-order valence-corrected chi connectivity index (χ3v) is 4.94. The van der Waals surface area contributed by atoms with Crippen molar-refractivity contribution in [3.63, 3.8) is 0 Å². The van der Waals surface area contributed by atoms with Crippen molar-refractivity contribution in [2.75, 3.05) is 5.75 Å². The standard InChI is InChI=1S/C14H13N3O5S/c15-11-12(18)16-5-9(7-23-13(11)16)14(19)22-6-8-1-3-10(4-2-8)17(20)21/h1-5,11,13H,6-7,15H2/t11?,13-/m1/s1. The number of rotatable bonds is 4. The maximum absolute atomic E-state index is 12.0. The van der Waals surface area contributed by atoms with Gasteiger partial charge in [0.05, 0.1) is 10.5 Å². The number of nitro benzene ring substituents is 1. The Hall–Kier alpha value is -2.39. The Morgan fingerprint density at radius 3 is 2.78 bits per heavy atom. The van der Waals surface area contributed by atoms with E-state index >= 15 is 0 Å². The van der Waals surface area contributed by atoms with Crippen molar-refractivity contribution >= 4 is 29.3 Å². The van der Waals surface area contributed by atoms with Crippen molar-refractivity contribution in [2.45, 2.75) is 18.0 Å². The molecule has 1 amide bonds. The fraction of sp³-hybridized carbons (Fsp3) is 0.286. The van der Waals surface area contributed by atoms with Crippen molar-refractivity contribution in [2.24, 2.45) is 5.73 Å². The van der Waals surface area contributed by atoms with Crippen LogP contribution in [0.4, 0.5) is 5.69 Å². The molecule has 2 atom stereocenters. The number of amides is 1. The van der Waals surface area contributed by atoms with Crippen LogP contribution in [0.15, 0.2) is 36.0 Å². The molecule has 1 saturated heterocycles. The number of ether oxygens (including phenoxy) is 1. The Bertz CT molecular complexity index is 703. The van der Waals surface area contributed by atoms with Gasteiger partial charge in [-0.3, -0.25) is 14.9 Å². The lowest BCUT2D eigenvalue weighted by Gasteiger charge is -2.45. The number of carbonyl (C=O) groups is 2. The second-order valence-electron chi connectivity index (χ2n) is 5.13. The Morgan fingerprint density at radius 1 is 1.43 bits per heavy atom. The zero-order chi connectivity index (χ0) is 16.6. The van der Waals surface area contributed by atoms with Crippen LogP contribution in [0.25, 0.3) is 0 Å². The number of hydrogen-bond donors (Lipinski definition) is 1. The summed E-state index contributed by atoms with van der Waals surface area (Å²) in [6, 6.07) is 5.26. The summed E-state index contributed by atoms with van der Waals surface area (Å²) < 4.78 is 5.18. The van der Waals surface area contributed by atoms with Gasteiger partial charge in [0.1, 0.15) is 18.0 Å². The van der Waals surface area contributed by atoms with E-state index in [-0.39, 0.29) is 23.6 Å². The van der Waals surface area contributed by atoms with Crippen LogP contribution < -0.4 is 5.73 Å². The molecule has 0 radical (unpaired) electrons. The largest absolute Gasteiger partial charge is 0.457 e. The fourth-order valence-electron chi connectivity index (χ4n) is 2.28. The van der Waals surface area contributed by atoms with Crippen molar-refractivity contribution in [3.05, 3.63) is 51.7 Å². The minimum absolute atomic E-state index is 0.00965. The zero-order valence-corrected chi connectivity index (χ0v) is 12.7. The van der Waals surface area contributed by atoms with Gasteiger partial charge in [0.15, 0.2) is 0 Å². The molecule has 0 spiro atoms. The number of benzene rings is 1. The highest BCUT2D eigenvalue weighted by Crippen LogP contribution is 2.35. The van der Waals surface area contributed by atoms with E-state index in [1.807, 2.05) is 0 Å². The number of fused-ring (bicyclic) bond motifs is 1. The summed E-state index contributed by atoms with van der Waals surface area (Å²) in [5, 5.41) is 10.5. The third kappa shape index (κ3) is 2.92. The van der Waals surface area contributed by atoms with E-state index in [0.717, 1.165) is 0 Å². The number of hydrogen-bond acceptors (Lipinski definition) is 7. The summed E-state index contributed by atoms with van der Waals surface area (Å²) in [5.74, 6) is -0.285. The predicted molar refractivity (Wildman–Crippen MR) is 82.0 cm³/mol. The number of nitro groups is 1. The van der Waals surface area contributed by atoms with E-state index in [1.54, 1.807) is 0 Å². The minimum atomic E-state index is -0.512. The van der Waals surface area contributed by atoms with Gasteiger partial charge >= 0.3 is 5.97 Å². The van der Waals surface area contributed by atoms with E-state index < -0.39 is 16.9 Å². The smallest absolute Gasteiger partial charge is 0.336 e. The maximum Gasteiger partial charge on any atom is 0.336 e. The number of carbonyl (C=O) groups excluding carboxylic acids is 2. The van der Waals surface area contributed by atoms with Gasteiger partial charge in [0, 0.05) is 24.1 Å². The predicted octanol–water partition coefficient (Wildman–Crippen LogP) is 0.764. The van der Waals surface area contributed by atoms with Crippen LogP contribution in [0.5, 0.6) is 0 Å². The van der Waals surface area contributed by atoms with Crippen LogP contribution >= 0.6 is 11.8 Å². The van der Waals surface area contributed by atoms with Gasteiger partial charge in [-0.2, -0.15) is 0 Å². The Labute approximate surface area is 135 Å². The van der Waals surface area contributed by atoms with Gasteiger partial charge in [-0.25, -0.2) is 4.79 Å². The number of non-ortho nitro benzene ring substituents is 1. The van der Waals surface area contributed by atoms with Crippen molar-refractivity contribution < 1.29 is 19.2 Å². The third-order valence-electron chi connectivity index (χ3n) is 3.60. The van der Waals surface area contributed by atoms with Crippen LogP contribution in [0, 0.1) is 10.1 Å². The molecule has 2 N–H and O–H groups in total. The molecule has 120 valence electrons. The Kier molecular flexibility index (Phi) is 4.05. The highest BCUT2D eigenvalue weighted by atomic mass is 32.2. The van der Waals surface area contributed by atoms with Gasteiger partial charge in [-0.15, -0.1) is 11.8 Å². The topological polar surface area (TPSA) is 116 Å². The molecule has 2 heterocycles. The number of β-lactam (4-membered cyclic amide) rings is 1. The summed E-state index contributed by atoms with van der Waals surface area (Å²) in [7, 11) is 0. The molecule has 1 aromatic carbocycles. The monoisotopic (exact) mass is 335 g/mol. The first-order chi connectivity index (χ1) is 11.0. The molecule has 1 aromatic rings. The van der Waals surface area contributed by atoms with Crippen LogP contribution in [-0.2, 0) is 20.9 Å². The molecule has 1 unspecified atom stereocenters. The lowest BCUT2D eigenvalue weighted by atomic mass is 10.1. The summed E-state index contributed by atoms with van der Waals surface area (Å²) in [5.41, 5.74) is 6.68. The normalized spacial score (nSPS) is 22.7. The summed E-state index contributed by atoms with van der Waals surface area (Å²) in [6.45, 7) is 0.00965. The average molecular weight is 335 g/mol. The van der Waals surface area contributed by atoms with E-state index in [1.165, 1.54) is 47.1 Å². The van der Waals surface area contributed by atoms with Gasteiger partial charge in [-0.1, -0.05) is 0 Å². The van der Waals surface area contributed by atoms with E-state index in [4.69, 9.17) is 10.5 Å². The van der Waals surface area contributed by atoms with E-state index in [0.29, 0.717) is 16.9 Å². The van der Waals surface area contributed by atoms with Gasteiger partial charge in [0.2, 0.25) is 5.91 Å². The number of nitrogens with zero attached hydrogens (tertiary/aromatic N) is 2. The van der Waals surface area contributed by atoms with Crippen molar-refractivity contribution in [1.82, 2.24) is 4.90 Å². The molecular weight excluding hydrogens is 322 g/mol. The molecule has 1 fully saturated rings. The first-order valence-corrected chi connectivity index (χ1v) is 7.83. The number of esters is 1. The zero-order valence-electron chi connectivity index (χ0n) is 11.9. The Balaban J connectivity index is 1.58. The molecule has 23 heavy (non-hydrogen) atoms. The Morgan fingerprint density at radius 2 is 2.13 bits per heavy atom. The summed E-state index contributed by atoms with van der Waals surface area (Å²) in [6.07, 6.45) is 1.49. The summed E-state index contributed by atoms with van der Waals surface area (Å²) in [4.78, 5) is 35.1. The second kappa shape index (κ2) is 6.01. The quantitative estimate of drug-likeness (QED) is 0.374. The molecule has 3 rings (SSSR count). The molecule has 0 saturated carbocycles. The second-order valence-corrected chi connectivity index (χ2v) is 6.23. The summed E-state index contributed by atoms with van der Waals surface area (Å²) >= 11 is 1.42.